The highest BCUT2D eigenvalue weighted by molar-refractivity contribution is 7.13. The number of nitrogens with one attached hydrogen (secondary N) is 1. The van der Waals surface area contributed by atoms with Crippen LogP contribution in [0.3, 0.4) is 0 Å². The van der Waals surface area contributed by atoms with E-state index in [0.29, 0.717) is 28.9 Å². The largest absolute Gasteiger partial charge is 0.497 e. The molecule has 33 heavy (non-hydrogen) atoms. The number of halogens is 3. The first kappa shape index (κ1) is 23.1. The third-order valence-corrected chi connectivity index (χ3v) is 6.29. The van der Waals surface area contributed by atoms with Crippen molar-refractivity contribution in [3.8, 4) is 16.9 Å². The zero-order valence-corrected chi connectivity index (χ0v) is 18.8. The molecule has 172 valence electrons. The van der Waals surface area contributed by atoms with Gasteiger partial charge in [-0.1, -0.05) is 36.4 Å². The first-order valence-electron chi connectivity index (χ1n) is 10.5. The molecule has 0 bridgehead atoms. The van der Waals surface area contributed by atoms with E-state index in [9.17, 15) is 13.2 Å². The van der Waals surface area contributed by atoms with Crippen LogP contribution in [0.4, 0.5) is 19.0 Å². The Bertz CT molecular complexity index is 1200. The number of fused-ring (bicyclic) bond motifs is 1. The molecule has 0 amide bonds. The number of benzene rings is 3. The molecule has 8 heteroatoms. The Labute approximate surface area is 194 Å². The van der Waals surface area contributed by atoms with Gasteiger partial charge in [-0.05, 0) is 71.4 Å². The summed E-state index contributed by atoms with van der Waals surface area (Å²) in [5.41, 5.74) is 9.04. The van der Waals surface area contributed by atoms with Crippen molar-refractivity contribution in [1.82, 2.24) is 4.37 Å². The fourth-order valence-electron chi connectivity index (χ4n) is 3.64. The van der Waals surface area contributed by atoms with Crippen molar-refractivity contribution in [1.29, 1.82) is 0 Å². The fourth-order valence-corrected chi connectivity index (χ4v) is 4.43. The summed E-state index contributed by atoms with van der Waals surface area (Å²) in [6.45, 7) is 0.588. The molecule has 0 fully saturated rings. The molecule has 0 aliphatic carbocycles. The monoisotopic (exact) mass is 471 g/mol. The van der Waals surface area contributed by atoms with E-state index in [0.717, 1.165) is 52.5 Å². The Kier molecular flexibility index (Phi) is 6.85. The van der Waals surface area contributed by atoms with E-state index in [4.69, 9.17) is 10.5 Å². The third kappa shape index (κ3) is 5.64. The summed E-state index contributed by atoms with van der Waals surface area (Å²) in [6.07, 6.45) is -2.91. The molecular weight excluding hydrogens is 447 g/mol. The first-order valence-corrected chi connectivity index (χ1v) is 11.3. The van der Waals surface area contributed by atoms with E-state index < -0.39 is 11.7 Å². The van der Waals surface area contributed by atoms with Gasteiger partial charge in [0.2, 0.25) is 0 Å². The van der Waals surface area contributed by atoms with Gasteiger partial charge < -0.3 is 15.8 Å². The quantitative estimate of drug-likeness (QED) is 0.314. The van der Waals surface area contributed by atoms with Gasteiger partial charge in [-0.3, -0.25) is 0 Å². The molecule has 3 aromatic carbocycles. The smallest absolute Gasteiger partial charge is 0.416 e. The van der Waals surface area contributed by atoms with Crippen LogP contribution < -0.4 is 15.8 Å². The van der Waals surface area contributed by atoms with E-state index >= 15 is 0 Å². The summed E-state index contributed by atoms with van der Waals surface area (Å²) in [7, 11) is 1.65. The van der Waals surface area contributed by atoms with Crippen molar-refractivity contribution >= 4 is 27.4 Å². The summed E-state index contributed by atoms with van der Waals surface area (Å²) >= 11 is 1.06. The van der Waals surface area contributed by atoms with Crippen molar-refractivity contribution in [2.45, 2.75) is 25.1 Å². The van der Waals surface area contributed by atoms with Crippen LogP contribution in [0.1, 0.15) is 17.5 Å². The highest BCUT2D eigenvalue weighted by Crippen LogP contribution is 2.35. The van der Waals surface area contributed by atoms with E-state index in [1.807, 2.05) is 24.3 Å². The van der Waals surface area contributed by atoms with Gasteiger partial charge in [0.15, 0.2) is 0 Å². The van der Waals surface area contributed by atoms with Gasteiger partial charge >= 0.3 is 6.18 Å². The molecule has 1 atom stereocenters. The lowest BCUT2D eigenvalue weighted by Gasteiger charge is -2.13. The number of hydrogen-bond acceptors (Lipinski definition) is 5. The molecule has 1 unspecified atom stereocenters. The average molecular weight is 472 g/mol. The maximum Gasteiger partial charge on any atom is 0.416 e. The van der Waals surface area contributed by atoms with Crippen molar-refractivity contribution in [2.24, 2.45) is 5.73 Å². The first-order chi connectivity index (χ1) is 15.8. The maximum atomic E-state index is 12.9. The van der Waals surface area contributed by atoms with Gasteiger partial charge in [-0.2, -0.15) is 17.5 Å². The number of rotatable bonds is 8. The summed E-state index contributed by atoms with van der Waals surface area (Å²) in [4.78, 5) is 0. The van der Waals surface area contributed by atoms with Crippen LogP contribution in [0.25, 0.3) is 21.2 Å². The second-order valence-electron chi connectivity index (χ2n) is 7.84. The molecule has 0 saturated carbocycles. The van der Waals surface area contributed by atoms with Gasteiger partial charge in [0.1, 0.15) is 11.6 Å². The number of nitrogens with two attached hydrogens (primary N) is 1. The van der Waals surface area contributed by atoms with Crippen molar-refractivity contribution in [3.63, 3.8) is 0 Å². The number of hydrogen-bond donors (Lipinski definition) is 2. The molecular formula is C25H24F3N3OS. The third-order valence-electron chi connectivity index (χ3n) is 5.48. The number of anilines is 1. The van der Waals surface area contributed by atoms with Crippen LogP contribution in [-0.4, -0.2) is 24.1 Å². The SMILES string of the molecule is COc1ccc(-c2ccc(CC(N)CCNc3nsc4cc(C(F)(F)F)ccc34)cc2)cc1. The normalized spacial score (nSPS) is 12.6. The Balaban J connectivity index is 1.30. The minimum absolute atomic E-state index is 0.0499. The minimum atomic E-state index is -4.36. The van der Waals surface area contributed by atoms with Gasteiger partial charge in [0.05, 0.1) is 17.4 Å². The molecule has 0 aliphatic heterocycles. The van der Waals surface area contributed by atoms with E-state index in [-0.39, 0.29) is 6.04 Å². The molecule has 0 saturated heterocycles. The van der Waals surface area contributed by atoms with E-state index in [1.165, 1.54) is 6.07 Å². The molecule has 1 heterocycles. The average Bonchev–Trinajstić information content (AvgIpc) is 3.21. The van der Waals surface area contributed by atoms with Gasteiger partial charge in [-0.25, -0.2) is 0 Å². The van der Waals surface area contributed by atoms with Crippen LogP contribution in [0.15, 0.2) is 66.7 Å². The molecule has 4 nitrogen and oxygen atoms in total. The zero-order valence-electron chi connectivity index (χ0n) is 18.0. The molecule has 0 spiro atoms. The van der Waals surface area contributed by atoms with Gasteiger partial charge in [0, 0.05) is 18.0 Å². The number of aromatic nitrogens is 1. The number of methoxy groups -OCH3 is 1. The number of alkyl halides is 3. The molecule has 1 aromatic heterocycles. The predicted molar refractivity (Wildman–Crippen MR) is 128 cm³/mol. The van der Waals surface area contributed by atoms with Crippen LogP contribution in [-0.2, 0) is 12.6 Å². The van der Waals surface area contributed by atoms with Crippen molar-refractivity contribution in [2.75, 3.05) is 19.0 Å². The van der Waals surface area contributed by atoms with Gasteiger partial charge in [-0.15, -0.1) is 0 Å². The Hall–Kier alpha value is -3.10. The number of ether oxygens (including phenoxy) is 1. The second kappa shape index (κ2) is 9.80. The highest BCUT2D eigenvalue weighted by atomic mass is 32.1. The number of nitrogens with zero attached hydrogens (tertiary/aromatic N) is 1. The second-order valence-corrected chi connectivity index (χ2v) is 8.65. The van der Waals surface area contributed by atoms with E-state index in [2.05, 4.69) is 34.0 Å². The van der Waals surface area contributed by atoms with Gasteiger partial charge in [0.25, 0.3) is 0 Å². The minimum Gasteiger partial charge on any atom is -0.497 e. The topological polar surface area (TPSA) is 60.2 Å². The molecule has 4 aromatic rings. The predicted octanol–water partition coefficient (Wildman–Crippen LogP) is 6.36. The molecule has 0 aliphatic rings. The standard InChI is InChI=1S/C25H24F3N3OS/c1-32-21-9-6-18(7-10-21)17-4-2-16(3-5-17)14-20(29)12-13-30-24-22-11-8-19(25(26,27)28)15-23(22)33-31-24/h2-11,15,20H,12-14,29H2,1H3,(H,30,31). The molecule has 4 rings (SSSR count). The van der Waals surface area contributed by atoms with Crippen LogP contribution in [0, 0.1) is 0 Å². The Morgan fingerprint density at radius 1 is 1.00 bits per heavy atom. The Morgan fingerprint density at radius 2 is 1.67 bits per heavy atom. The zero-order chi connectivity index (χ0) is 23.4. The van der Waals surface area contributed by atoms with Crippen LogP contribution in [0.2, 0.25) is 0 Å². The summed E-state index contributed by atoms with van der Waals surface area (Å²) in [5.74, 6) is 1.42. The van der Waals surface area contributed by atoms with Crippen LogP contribution >= 0.6 is 11.5 Å². The maximum absolute atomic E-state index is 12.9. The van der Waals surface area contributed by atoms with Crippen molar-refractivity contribution in [3.05, 3.63) is 77.9 Å². The summed E-state index contributed by atoms with van der Waals surface area (Å²) in [6, 6.07) is 19.9. The highest BCUT2D eigenvalue weighted by Gasteiger charge is 2.30. The summed E-state index contributed by atoms with van der Waals surface area (Å²) < 4.78 is 48.6. The lowest BCUT2D eigenvalue weighted by molar-refractivity contribution is -0.137. The lowest BCUT2D eigenvalue weighted by Crippen LogP contribution is -2.25. The Morgan fingerprint density at radius 3 is 2.30 bits per heavy atom. The van der Waals surface area contributed by atoms with Crippen LogP contribution in [0.5, 0.6) is 5.75 Å². The molecule has 0 radical (unpaired) electrons. The molecule has 3 N–H and O–H groups in total. The summed E-state index contributed by atoms with van der Waals surface area (Å²) in [5, 5.41) is 3.90. The lowest BCUT2D eigenvalue weighted by atomic mass is 10.00. The van der Waals surface area contributed by atoms with Crippen molar-refractivity contribution < 1.29 is 17.9 Å². The fraction of sp³-hybridized carbons (Fsp3) is 0.240. The van der Waals surface area contributed by atoms with E-state index in [1.54, 1.807) is 7.11 Å².